The molecule has 86 valence electrons. The Kier molecular flexibility index (Phi) is 3.96. The van der Waals surface area contributed by atoms with E-state index in [1.807, 2.05) is 0 Å². The summed E-state index contributed by atoms with van der Waals surface area (Å²) in [5, 5.41) is 19.2. The van der Waals surface area contributed by atoms with E-state index in [9.17, 15) is 14.9 Å². The van der Waals surface area contributed by atoms with Crippen LogP contribution < -0.4 is 0 Å². The Morgan fingerprint density at radius 1 is 1.56 bits per heavy atom. The molecule has 0 aliphatic carbocycles. The van der Waals surface area contributed by atoms with Gasteiger partial charge in [0, 0.05) is 6.07 Å². The minimum absolute atomic E-state index is 0.0694. The van der Waals surface area contributed by atoms with Gasteiger partial charge in [-0.2, -0.15) is 0 Å². The van der Waals surface area contributed by atoms with Gasteiger partial charge in [-0.1, -0.05) is 12.1 Å². The first kappa shape index (κ1) is 12.1. The van der Waals surface area contributed by atoms with Crippen molar-refractivity contribution in [1.82, 2.24) is 0 Å². The van der Waals surface area contributed by atoms with Crippen molar-refractivity contribution in [3.63, 3.8) is 0 Å². The third kappa shape index (κ3) is 3.03. The van der Waals surface area contributed by atoms with E-state index in [2.05, 4.69) is 0 Å². The Hall–Kier alpha value is -1.95. The largest absolute Gasteiger partial charge is 0.479 e. The number of nitro benzene ring substituents is 1. The van der Waals surface area contributed by atoms with E-state index < -0.39 is 17.0 Å². The molecule has 0 aliphatic rings. The van der Waals surface area contributed by atoms with Crippen LogP contribution in [0.1, 0.15) is 12.5 Å². The van der Waals surface area contributed by atoms with Crippen LogP contribution >= 0.6 is 0 Å². The average molecular weight is 225 g/mol. The molecule has 0 radical (unpaired) electrons. The van der Waals surface area contributed by atoms with Gasteiger partial charge < -0.3 is 9.84 Å². The van der Waals surface area contributed by atoms with E-state index in [-0.39, 0.29) is 12.3 Å². The minimum Gasteiger partial charge on any atom is -0.479 e. The number of hydrogen-bond acceptors (Lipinski definition) is 4. The summed E-state index contributed by atoms with van der Waals surface area (Å²) in [5.41, 5.74) is 0.292. The monoisotopic (exact) mass is 225 g/mol. The van der Waals surface area contributed by atoms with Crippen molar-refractivity contribution < 1.29 is 19.6 Å². The maximum Gasteiger partial charge on any atom is 0.332 e. The van der Waals surface area contributed by atoms with Gasteiger partial charge in [0.15, 0.2) is 6.10 Å². The summed E-state index contributed by atoms with van der Waals surface area (Å²) in [7, 11) is 0. The lowest BCUT2D eigenvalue weighted by Gasteiger charge is -2.08. The second-order valence-corrected chi connectivity index (χ2v) is 3.18. The van der Waals surface area contributed by atoms with Crippen LogP contribution in [0.3, 0.4) is 0 Å². The quantitative estimate of drug-likeness (QED) is 0.607. The van der Waals surface area contributed by atoms with Crippen LogP contribution in [-0.4, -0.2) is 22.1 Å². The number of nitrogens with zero attached hydrogens (tertiary/aromatic N) is 1. The third-order valence-corrected chi connectivity index (χ3v) is 2.02. The number of hydrogen-bond donors (Lipinski definition) is 1. The molecule has 1 unspecified atom stereocenters. The van der Waals surface area contributed by atoms with Crippen molar-refractivity contribution in [2.24, 2.45) is 0 Å². The molecule has 0 heterocycles. The molecule has 0 spiro atoms. The summed E-state index contributed by atoms with van der Waals surface area (Å²) in [6.07, 6.45) is -0.986. The van der Waals surface area contributed by atoms with Crippen LogP contribution in [0.25, 0.3) is 0 Å². The van der Waals surface area contributed by atoms with Crippen LogP contribution in [0.2, 0.25) is 0 Å². The van der Waals surface area contributed by atoms with Crippen LogP contribution in [0.4, 0.5) is 5.69 Å². The van der Waals surface area contributed by atoms with Gasteiger partial charge in [0.05, 0.1) is 17.1 Å². The number of benzene rings is 1. The lowest BCUT2D eigenvalue weighted by Crippen LogP contribution is -2.19. The van der Waals surface area contributed by atoms with Crippen LogP contribution in [0.15, 0.2) is 24.3 Å². The molecule has 0 aromatic heterocycles. The molecule has 1 atom stereocenters. The van der Waals surface area contributed by atoms with Crippen LogP contribution in [0, 0.1) is 10.1 Å². The fourth-order valence-corrected chi connectivity index (χ4v) is 1.10. The second kappa shape index (κ2) is 5.22. The summed E-state index contributed by atoms with van der Waals surface area (Å²) < 4.78 is 4.98. The number of rotatable bonds is 5. The maximum atomic E-state index is 10.6. The fourth-order valence-electron chi connectivity index (χ4n) is 1.10. The van der Waals surface area contributed by atoms with Crippen molar-refractivity contribution in [2.45, 2.75) is 19.6 Å². The van der Waals surface area contributed by atoms with Gasteiger partial charge in [0.1, 0.15) is 0 Å². The molecule has 0 saturated heterocycles. The first-order valence-corrected chi connectivity index (χ1v) is 4.59. The third-order valence-electron chi connectivity index (χ3n) is 2.02. The number of carboxylic acids is 1. The van der Waals surface area contributed by atoms with Crippen molar-refractivity contribution >= 4 is 11.7 Å². The summed E-state index contributed by atoms with van der Waals surface area (Å²) in [4.78, 5) is 20.6. The van der Waals surface area contributed by atoms with Gasteiger partial charge >= 0.3 is 5.97 Å². The Bertz CT molecular complexity index is 404. The highest BCUT2D eigenvalue weighted by Gasteiger charge is 2.16. The van der Waals surface area contributed by atoms with Gasteiger partial charge in [0.25, 0.3) is 5.69 Å². The Morgan fingerprint density at radius 2 is 2.19 bits per heavy atom. The highest BCUT2D eigenvalue weighted by Crippen LogP contribution is 2.18. The number of aliphatic carboxylic acids is 1. The van der Waals surface area contributed by atoms with E-state index >= 15 is 0 Å². The molecule has 0 fully saturated rings. The molecule has 1 rings (SSSR count). The van der Waals surface area contributed by atoms with Gasteiger partial charge in [-0.3, -0.25) is 10.1 Å². The van der Waals surface area contributed by atoms with Crippen molar-refractivity contribution in [2.75, 3.05) is 0 Å². The lowest BCUT2D eigenvalue weighted by atomic mass is 10.2. The number of nitro groups is 1. The van der Waals surface area contributed by atoms with Crippen molar-refractivity contribution in [3.05, 3.63) is 39.9 Å². The maximum absolute atomic E-state index is 10.6. The number of carbonyl (C=O) groups is 1. The molecule has 0 bridgehead atoms. The molecule has 0 amide bonds. The number of para-hydroxylation sites is 1. The van der Waals surface area contributed by atoms with E-state index in [1.54, 1.807) is 12.1 Å². The predicted octanol–water partition coefficient (Wildman–Crippen LogP) is 1.58. The molecule has 1 N–H and O–H groups in total. The summed E-state index contributed by atoms with van der Waals surface area (Å²) >= 11 is 0. The average Bonchev–Trinajstić information content (AvgIpc) is 2.25. The Morgan fingerprint density at radius 3 is 2.75 bits per heavy atom. The van der Waals surface area contributed by atoms with E-state index in [1.165, 1.54) is 19.1 Å². The normalized spacial score (nSPS) is 12.1. The highest BCUT2D eigenvalue weighted by atomic mass is 16.6. The summed E-state index contributed by atoms with van der Waals surface area (Å²) in [5.74, 6) is -1.10. The molecular weight excluding hydrogens is 214 g/mol. The minimum atomic E-state index is -1.10. The molecule has 0 aliphatic heterocycles. The standard InChI is InChI=1S/C10H11NO5/c1-7(10(12)13)16-6-8-4-2-3-5-9(8)11(14)15/h2-5,7H,6H2,1H3,(H,12,13). The lowest BCUT2D eigenvalue weighted by molar-refractivity contribution is -0.386. The summed E-state index contributed by atoms with van der Waals surface area (Å²) in [6.45, 7) is 1.28. The van der Waals surface area contributed by atoms with Gasteiger partial charge in [-0.25, -0.2) is 4.79 Å². The molecular formula is C10H11NO5. The zero-order valence-electron chi connectivity index (χ0n) is 8.62. The van der Waals surface area contributed by atoms with Gasteiger partial charge in [0.2, 0.25) is 0 Å². The molecule has 0 saturated carbocycles. The number of ether oxygens (including phenoxy) is 1. The van der Waals surface area contributed by atoms with Crippen molar-refractivity contribution in [3.8, 4) is 0 Å². The molecule has 1 aromatic rings. The van der Waals surface area contributed by atoms with E-state index in [4.69, 9.17) is 9.84 Å². The van der Waals surface area contributed by atoms with Crippen LogP contribution in [0.5, 0.6) is 0 Å². The summed E-state index contributed by atoms with van der Waals surface area (Å²) in [6, 6.07) is 6.07. The molecule has 1 aromatic carbocycles. The predicted molar refractivity (Wildman–Crippen MR) is 55.0 cm³/mol. The first-order chi connectivity index (χ1) is 7.52. The zero-order valence-corrected chi connectivity index (χ0v) is 8.62. The van der Waals surface area contributed by atoms with Crippen LogP contribution in [-0.2, 0) is 16.1 Å². The topological polar surface area (TPSA) is 89.7 Å². The van der Waals surface area contributed by atoms with E-state index in [0.717, 1.165) is 0 Å². The zero-order chi connectivity index (χ0) is 12.1. The SMILES string of the molecule is CC(OCc1ccccc1[N+](=O)[O-])C(=O)O. The Balaban J connectivity index is 2.74. The highest BCUT2D eigenvalue weighted by molar-refractivity contribution is 5.71. The molecule has 6 heteroatoms. The van der Waals surface area contributed by atoms with E-state index in [0.29, 0.717) is 5.56 Å². The fraction of sp³-hybridized carbons (Fsp3) is 0.300. The number of carboxylic acid groups (broad SMARTS) is 1. The first-order valence-electron chi connectivity index (χ1n) is 4.59. The van der Waals surface area contributed by atoms with Gasteiger partial charge in [-0.05, 0) is 13.0 Å². The van der Waals surface area contributed by atoms with Gasteiger partial charge in [-0.15, -0.1) is 0 Å². The smallest absolute Gasteiger partial charge is 0.332 e. The Labute approximate surface area is 91.6 Å². The molecule has 16 heavy (non-hydrogen) atoms. The molecule has 6 nitrogen and oxygen atoms in total. The second-order valence-electron chi connectivity index (χ2n) is 3.18. The van der Waals surface area contributed by atoms with Crippen molar-refractivity contribution in [1.29, 1.82) is 0 Å².